The predicted molar refractivity (Wildman–Crippen MR) is 84.9 cm³/mol. The molecule has 0 aromatic carbocycles. The summed E-state index contributed by atoms with van der Waals surface area (Å²) in [6.45, 7) is 8.81. The minimum absolute atomic E-state index is 0.165. The molecule has 0 saturated carbocycles. The Kier molecular flexibility index (Phi) is 5.66. The maximum atomic E-state index is 14.6. The van der Waals surface area contributed by atoms with Gasteiger partial charge in [0, 0.05) is 41.9 Å². The Balaban J connectivity index is 2.17. The smallest absolute Gasteiger partial charge is 0.170 e. The van der Waals surface area contributed by atoms with Gasteiger partial charge in [-0.25, -0.2) is 9.37 Å². The zero-order valence-electron chi connectivity index (χ0n) is 12.5. The van der Waals surface area contributed by atoms with Crippen molar-refractivity contribution < 1.29 is 4.39 Å². The van der Waals surface area contributed by atoms with Crippen molar-refractivity contribution in [3.8, 4) is 0 Å². The SMILES string of the molecule is CCCNCc1ccnc(N2CCSC(C)C2C)c1F. The molecular formula is C15H24FN3S. The second-order valence-electron chi connectivity index (χ2n) is 5.29. The van der Waals surface area contributed by atoms with Crippen molar-refractivity contribution in [3.05, 3.63) is 23.6 Å². The highest BCUT2D eigenvalue weighted by Crippen LogP contribution is 2.30. The van der Waals surface area contributed by atoms with Gasteiger partial charge in [0.1, 0.15) is 0 Å². The summed E-state index contributed by atoms with van der Waals surface area (Å²) in [5, 5.41) is 3.76. The van der Waals surface area contributed by atoms with Crippen LogP contribution in [0.3, 0.4) is 0 Å². The predicted octanol–water partition coefficient (Wildman–Crippen LogP) is 3.05. The Bertz CT molecular complexity index is 441. The van der Waals surface area contributed by atoms with E-state index in [1.165, 1.54) is 0 Å². The van der Waals surface area contributed by atoms with E-state index in [0.29, 0.717) is 29.2 Å². The van der Waals surface area contributed by atoms with Gasteiger partial charge in [-0.05, 0) is 26.0 Å². The van der Waals surface area contributed by atoms with Crippen molar-refractivity contribution in [1.29, 1.82) is 0 Å². The van der Waals surface area contributed by atoms with Crippen LogP contribution in [0, 0.1) is 5.82 Å². The lowest BCUT2D eigenvalue weighted by Crippen LogP contribution is -2.45. The summed E-state index contributed by atoms with van der Waals surface area (Å²) in [7, 11) is 0. The van der Waals surface area contributed by atoms with E-state index in [2.05, 4.69) is 36.0 Å². The van der Waals surface area contributed by atoms with Gasteiger partial charge < -0.3 is 10.2 Å². The number of nitrogens with one attached hydrogen (secondary N) is 1. The fourth-order valence-corrected chi connectivity index (χ4v) is 3.54. The Morgan fingerprint density at radius 1 is 1.50 bits per heavy atom. The van der Waals surface area contributed by atoms with Crippen molar-refractivity contribution in [2.24, 2.45) is 0 Å². The first-order chi connectivity index (χ1) is 9.65. The monoisotopic (exact) mass is 297 g/mol. The van der Waals surface area contributed by atoms with E-state index in [1.54, 1.807) is 12.3 Å². The van der Waals surface area contributed by atoms with Crippen molar-refractivity contribution in [2.75, 3.05) is 23.7 Å². The van der Waals surface area contributed by atoms with Gasteiger partial charge >= 0.3 is 0 Å². The van der Waals surface area contributed by atoms with Crippen LogP contribution in [0.4, 0.5) is 10.2 Å². The minimum atomic E-state index is -0.165. The molecule has 2 unspecified atom stereocenters. The van der Waals surface area contributed by atoms with Gasteiger partial charge in [-0.15, -0.1) is 0 Å². The molecular weight excluding hydrogens is 273 g/mol. The van der Waals surface area contributed by atoms with E-state index >= 15 is 0 Å². The first kappa shape index (κ1) is 15.6. The molecule has 1 fully saturated rings. The van der Waals surface area contributed by atoms with E-state index in [4.69, 9.17) is 0 Å². The maximum absolute atomic E-state index is 14.6. The van der Waals surface area contributed by atoms with E-state index < -0.39 is 0 Å². The summed E-state index contributed by atoms with van der Waals surface area (Å²) in [4.78, 5) is 6.40. The first-order valence-electron chi connectivity index (χ1n) is 7.37. The molecule has 1 aromatic rings. The summed E-state index contributed by atoms with van der Waals surface area (Å²) in [6, 6.07) is 2.09. The quantitative estimate of drug-likeness (QED) is 0.846. The number of thioether (sulfide) groups is 1. The Morgan fingerprint density at radius 3 is 3.05 bits per heavy atom. The summed E-state index contributed by atoms with van der Waals surface area (Å²) in [5.74, 6) is 1.38. The third-order valence-electron chi connectivity index (χ3n) is 3.85. The molecule has 2 rings (SSSR count). The number of aromatic nitrogens is 1. The number of hydrogen-bond acceptors (Lipinski definition) is 4. The Labute approximate surface area is 125 Å². The zero-order chi connectivity index (χ0) is 14.5. The average Bonchev–Trinajstić information content (AvgIpc) is 2.44. The number of pyridine rings is 1. The van der Waals surface area contributed by atoms with Crippen molar-refractivity contribution in [1.82, 2.24) is 10.3 Å². The van der Waals surface area contributed by atoms with Crippen LogP contribution in [0.2, 0.25) is 0 Å². The normalized spacial score (nSPS) is 23.1. The highest BCUT2D eigenvalue weighted by Gasteiger charge is 2.28. The number of hydrogen-bond donors (Lipinski definition) is 1. The molecule has 1 saturated heterocycles. The summed E-state index contributed by atoms with van der Waals surface area (Å²) in [6.07, 6.45) is 2.78. The van der Waals surface area contributed by atoms with Gasteiger partial charge in [-0.1, -0.05) is 13.8 Å². The van der Waals surface area contributed by atoms with Crippen LogP contribution in [0.5, 0.6) is 0 Å². The van der Waals surface area contributed by atoms with E-state index in [1.807, 2.05) is 11.8 Å². The number of anilines is 1. The van der Waals surface area contributed by atoms with E-state index in [-0.39, 0.29) is 5.82 Å². The van der Waals surface area contributed by atoms with Crippen LogP contribution < -0.4 is 10.2 Å². The molecule has 0 amide bonds. The number of halogens is 1. The van der Waals surface area contributed by atoms with Crippen molar-refractivity contribution in [3.63, 3.8) is 0 Å². The highest BCUT2D eigenvalue weighted by atomic mass is 32.2. The molecule has 1 aliphatic rings. The van der Waals surface area contributed by atoms with Crippen molar-refractivity contribution >= 4 is 17.6 Å². The molecule has 0 spiro atoms. The fourth-order valence-electron chi connectivity index (χ4n) is 2.44. The zero-order valence-corrected chi connectivity index (χ0v) is 13.3. The van der Waals surface area contributed by atoms with E-state index in [0.717, 1.165) is 25.3 Å². The summed E-state index contributed by atoms with van der Waals surface area (Å²) >= 11 is 1.95. The van der Waals surface area contributed by atoms with Gasteiger partial charge in [0.25, 0.3) is 0 Å². The summed E-state index contributed by atoms with van der Waals surface area (Å²) in [5.41, 5.74) is 0.710. The highest BCUT2D eigenvalue weighted by molar-refractivity contribution is 8.00. The third kappa shape index (κ3) is 3.44. The van der Waals surface area contributed by atoms with Crippen molar-refractivity contribution in [2.45, 2.75) is 45.0 Å². The number of nitrogens with zero attached hydrogens (tertiary/aromatic N) is 2. The number of rotatable bonds is 5. The van der Waals surface area contributed by atoms with Crippen LogP contribution in [-0.4, -0.2) is 35.1 Å². The summed E-state index contributed by atoms with van der Waals surface area (Å²) < 4.78 is 14.6. The lowest BCUT2D eigenvalue weighted by atomic mass is 10.1. The molecule has 2 heterocycles. The molecule has 20 heavy (non-hydrogen) atoms. The lowest BCUT2D eigenvalue weighted by molar-refractivity contribution is 0.553. The van der Waals surface area contributed by atoms with Crippen LogP contribution >= 0.6 is 11.8 Å². The lowest BCUT2D eigenvalue weighted by Gasteiger charge is -2.38. The molecule has 5 heteroatoms. The van der Waals surface area contributed by atoms with Crippen LogP contribution in [-0.2, 0) is 6.54 Å². The molecule has 0 radical (unpaired) electrons. The van der Waals surface area contributed by atoms with Crippen LogP contribution in [0.25, 0.3) is 0 Å². The van der Waals surface area contributed by atoms with Gasteiger partial charge in [0.15, 0.2) is 11.6 Å². The van der Waals surface area contributed by atoms with E-state index in [9.17, 15) is 4.39 Å². The second kappa shape index (κ2) is 7.27. The Hall–Kier alpha value is -0.810. The fraction of sp³-hybridized carbons (Fsp3) is 0.667. The van der Waals surface area contributed by atoms with Gasteiger partial charge in [-0.3, -0.25) is 0 Å². The maximum Gasteiger partial charge on any atom is 0.170 e. The molecule has 0 aliphatic carbocycles. The van der Waals surface area contributed by atoms with Crippen LogP contribution in [0.15, 0.2) is 12.3 Å². The Morgan fingerprint density at radius 2 is 2.30 bits per heavy atom. The third-order valence-corrected chi connectivity index (χ3v) is 5.19. The average molecular weight is 297 g/mol. The van der Waals surface area contributed by atoms with Gasteiger partial charge in [-0.2, -0.15) is 11.8 Å². The molecule has 0 bridgehead atoms. The first-order valence-corrected chi connectivity index (χ1v) is 8.42. The van der Waals surface area contributed by atoms with Gasteiger partial charge in [0.05, 0.1) is 0 Å². The molecule has 2 atom stereocenters. The van der Waals surface area contributed by atoms with Gasteiger partial charge in [0.2, 0.25) is 0 Å². The molecule has 3 nitrogen and oxygen atoms in total. The largest absolute Gasteiger partial charge is 0.350 e. The second-order valence-corrected chi connectivity index (χ2v) is 6.78. The standard InChI is InChI=1S/C15H24FN3S/c1-4-6-17-10-13-5-7-18-15(14(13)16)19-8-9-20-12(3)11(19)2/h5,7,11-12,17H,4,6,8-10H2,1-3H3. The molecule has 112 valence electrons. The molecule has 1 N–H and O–H groups in total. The topological polar surface area (TPSA) is 28.2 Å². The van der Waals surface area contributed by atoms with Crippen LogP contribution in [0.1, 0.15) is 32.8 Å². The molecule has 1 aliphatic heterocycles. The molecule has 1 aromatic heterocycles. The minimum Gasteiger partial charge on any atom is -0.350 e.